The van der Waals surface area contributed by atoms with Gasteiger partial charge in [0.25, 0.3) is 5.91 Å². The summed E-state index contributed by atoms with van der Waals surface area (Å²) >= 11 is 0. The fourth-order valence-electron chi connectivity index (χ4n) is 3.56. The number of benzene rings is 1. The number of aromatic amines is 1. The number of amides is 1. The molecular formula is C20H23N5O. The molecular weight excluding hydrogens is 326 g/mol. The minimum absolute atomic E-state index is 0.0597. The second-order valence-corrected chi connectivity index (χ2v) is 7.11. The predicted octanol–water partition coefficient (Wildman–Crippen LogP) is 2.63. The molecule has 0 radical (unpaired) electrons. The molecule has 0 fully saturated rings. The molecule has 26 heavy (non-hydrogen) atoms. The minimum atomic E-state index is -0.0597. The van der Waals surface area contributed by atoms with Crippen LogP contribution in [-0.4, -0.2) is 44.6 Å². The molecule has 0 saturated carbocycles. The van der Waals surface area contributed by atoms with Gasteiger partial charge in [-0.25, -0.2) is 0 Å². The zero-order chi connectivity index (χ0) is 18.3. The third-order valence-corrected chi connectivity index (χ3v) is 4.93. The van der Waals surface area contributed by atoms with E-state index < -0.39 is 0 Å². The van der Waals surface area contributed by atoms with Crippen LogP contribution in [0.15, 0.2) is 42.6 Å². The summed E-state index contributed by atoms with van der Waals surface area (Å²) in [6.45, 7) is 2.55. The largest absolute Gasteiger partial charge is 0.349 e. The van der Waals surface area contributed by atoms with Gasteiger partial charge in [-0.05, 0) is 41.9 Å². The van der Waals surface area contributed by atoms with Gasteiger partial charge in [-0.2, -0.15) is 5.10 Å². The number of nitrogens with one attached hydrogen (secondary N) is 1. The monoisotopic (exact) mass is 349 g/mol. The minimum Gasteiger partial charge on any atom is -0.349 e. The zero-order valence-corrected chi connectivity index (χ0v) is 15.4. The maximum atomic E-state index is 12.7. The molecule has 1 aliphatic rings. The number of hydrogen-bond donors (Lipinski definition) is 1. The van der Waals surface area contributed by atoms with E-state index in [4.69, 9.17) is 0 Å². The molecule has 1 N–H and O–H groups in total. The van der Waals surface area contributed by atoms with Gasteiger partial charge in [0.2, 0.25) is 0 Å². The molecule has 0 spiro atoms. The first-order valence-corrected chi connectivity index (χ1v) is 8.73. The van der Waals surface area contributed by atoms with E-state index in [1.165, 1.54) is 11.1 Å². The Morgan fingerprint density at radius 1 is 1.19 bits per heavy atom. The van der Waals surface area contributed by atoms with Crippen molar-refractivity contribution in [2.45, 2.75) is 19.6 Å². The maximum absolute atomic E-state index is 12.7. The Kier molecular flexibility index (Phi) is 4.12. The number of H-pyrrole nitrogens is 1. The summed E-state index contributed by atoms with van der Waals surface area (Å²) in [5.41, 5.74) is 6.14. The van der Waals surface area contributed by atoms with Crippen LogP contribution in [0.1, 0.15) is 27.2 Å². The van der Waals surface area contributed by atoms with Crippen molar-refractivity contribution >= 4 is 5.91 Å². The van der Waals surface area contributed by atoms with Crippen molar-refractivity contribution in [2.75, 3.05) is 14.1 Å². The SMILES string of the molecule is CN1Cc2ccc(CN(C)C(=O)c3cc(-c4cccn4C)n[nH]3)cc2C1. The van der Waals surface area contributed by atoms with Gasteiger partial charge in [-0.1, -0.05) is 18.2 Å². The van der Waals surface area contributed by atoms with Crippen molar-refractivity contribution in [1.29, 1.82) is 0 Å². The summed E-state index contributed by atoms with van der Waals surface area (Å²) in [5, 5.41) is 7.16. The van der Waals surface area contributed by atoms with Crippen LogP contribution < -0.4 is 0 Å². The van der Waals surface area contributed by atoms with Crippen LogP contribution in [0.25, 0.3) is 11.4 Å². The van der Waals surface area contributed by atoms with Crippen molar-refractivity contribution < 1.29 is 4.79 Å². The highest BCUT2D eigenvalue weighted by molar-refractivity contribution is 5.93. The molecule has 1 aliphatic heterocycles. The first-order chi connectivity index (χ1) is 12.5. The Balaban J connectivity index is 1.48. The van der Waals surface area contributed by atoms with E-state index in [0.717, 1.165) is 30.0 Å². The Morgan fingerprint density at radius 2 is 2.00 bits per heavy atom. The maximum Gasteiger partial charge on any atom is 0.271 e. The molecule has 0 bridgehead atoms. The average Bonchev–Trinajstić information content (AvgIpc) is 3.32. The molecule has 2 aromatic heterocycles. The number of nitrogens with zero attached hydrogens (tertiary/aromatic N) is 4. The molecule has 0 aliphatic carbocycles. The van der Waals surface area contributed by atoms with Crippen LogP contribution in [0.4, 0.5) is 0 Å². The number of aryl methyl sites for hydroxylation is 1. The average molecular weight is 349 g/mol. The standard InChI is InChI=1S/C20H23N5O/c1-23-12-15-7-6-14(9-16(15)13-23)11-25(3)20(26)18-10-17(21-22-18)19-5-4-8-24(19)2/h4-10H,11-13H2,1-3H3,(H,21,22). The van der Waals surface area contributed by atoms with Crippen molar-refractivity contribution in [3.05, 3.63) is 65.0 Å². The molecule has 0 atom stereocenters. The van der Waals surface area contributed by atoms with Crippen molar-refractivity contribution in [3.63, 3.8) is 0 Å². The van der Waals surface area contributed by atoms with Gasteiger partial charge in [0, 0.05) is 39.9 Å². The van der Waals surface area contributed by atoms with Crippen LogP contribution in [0.5, 0.6) is 0 Å². The van der Waals surface area contributed by atoms with Crippen LogP contribution >= 0.6 is 0 Å². The first kappa shape index (κ1) is 16.6. The quantitative estimate of drug-likeness (QED) is 0.788. The van der Waals surface area contributed by atoms with Gasteiger partial charge in [0.1, 0.15) is 11.4 Å². The second kappa shape index (κ2) is 6.46. The highest BCUT2D eigenvalue weighted by Crippen LogP contribution is 2.23. The first-order valence-electron chi connectivity index (χ1n) is 8.73. The molecule has 1 aromatic carbocycles. The van der Waals surface area contributed by atoms with Crippen molar-refractivity contribution in [2.24, 2.45) is 7.05 Å². The van der Waals surface area contributed by atoms with Crippen LogP contribution in [0.2, 0.25) is 0 Å². The van der Waals surface area contributed by atoms with Crippen molar-refractivity contribution in [1.82, 2.24) is 24.6 Å². The van der Waals surface area contributed by atoms with E-state index in [-0.39, 0.29) is 5.91 Å². The highest BCUT2D eigenvalue weighted by Gasteiger charge is 2.19. The highest BCUT2D eigenvalue weighted by atomic mass is 16.2. The van der Waals surface area contributed by atoms with E-state index in [1.54, 1.807) is 4.90 Å². The number of carbonyl (C=O) groups excluding carboxylic acids is 1. The van der Waals surface area contributed by atoms with Gasteiger partial charge in [0.15, 0.2) is 0 Å². The number of fused-ring (bicyclic) bond motifs is 1. The van der Waals surface area contributed by atoms with Crippen molar-refractivity contribution in [3.8, 4) is 11.4 Å². The van der Waals surface area contributed by atoms with Gasteiger partial charge in [-0.15, -0.1) is 0 Å². The van der Waals surface area contributed by atoms with Crippen LogP contribution in [0.3, 0.4) is 0 Å². The third-order valence-electron chi connectivity index (χ3n) is 4.93. The van der Waals surface area contributed by atoms with Gasteiger partial charge >= 0.3 is 0 Å². The van der Waals surface area contributed by atoms with Gasteiger partial charge < -0.3 is 9.47 Å². The fraction of sp³-hybridized carbons (Fsp3) is 0.300. The smallest absolute Gasteiger partial charge is 0.271 e. The fourth-order valence-corrected chi connectivity index (χ4v) is 3.56. The lowest BCUT2D eigenvalue weighted by molar-refractivity contribution is 0.0779. The number of hydrogen-bond acceptors (Lipinski definition) is 3. The molecule has 6 heteroatoms. The summed E-state index contributed by atoms with van der Waals surface area (Å²) in [6.07, 6.45) is 1.96. The molecule has 3 aromatic rings. The summed E-state index contributed by atoms with van der Waals surface area (Å²) in [6, 6.07) is 12.3. The summed E-state index contributed by atoms with van der Waals surface area (Å²) < 4.78 is 1.98. The molecule has 0 saturated heterocycles. The Hall–Kier alpha value is -2.86. The molecule has 3 heterocycles. The Morgan fingerprint density at radius 3 is 2.77 bits per heavy atom. The van der Waals surface area contributed by atoms with E-state index in [9.17, 15) is 4.79 Å². The Labute approximate surface area is 153 Å². The number of carbonyl (C=O) groups is 1. The third kappa shape index (κ3) is 3.04. The normalized spacial score (nSPS) is 13.8. The lowest BCUT2D eigenvalue weighted by Crippen LogP contribution is -2.26. The molecule has 1 amide bonds. The van der Waals surface area contributed by atoms with Crippen LogP contribution in [0, 0.1) is 0 Å². The molecule has 6 nitrogen and oxygen atoms in total. The number of aromatic nitrogens is 3. The Bertz CT molecular complexity index is 955. The van der Waals surface area contributed by atoms with Gasteiger partial charge in [0.05, 0.1) is 5.69 Å². The molecule has 134 valence electrons. The van der Waals surface area contributed by atoms with E-state index in [0.29, 0.717) is 12.2 Å². The number of rotatable bonds is 4. The molecule has 0 unspecified atom stereocenters. The van der Waals surface area contributed by atoms with E-state index >= 15 is 0 Å². The topological polar surface area (TPSA) is 57.2 Å². The van der Waals surface area contributed by atoms with E-state index in [2.05, 4.69) is 40.3 Å². The van der Waals surface area contributed by atoms with Crippen LogP contribution in [-0.2, 0) is 26.7 Å². The lowest BCUT2D eigenvalue weighted by Gasteiger charge is -2.16. The van der Waals surface area contributed by atoms with E-state index in [1.807, 2.05) is 43.1 Å². The lowest BCUT2D eigenvalue weighted by atomic mass is 10.1. The summed E-state index contributed by atoms with van der Waals surface area (Å²) in [5.74, 6) is -0.0597. The second-order valence-electron chi connectivity index (χ2n) is 7.11. The zero-order valence-electron chi connectivity index (χ0n) is 15.4. The van der Waals surface area contributed by atoms with Gasteiger partial charge in [-0.3, -0.25) is 14.8 Å². The summed E-state index contributed by atoms with van der Waals surface area (Å²) in [7, 11) is 5.91. The predicted molar refractivity (Wildman–Crippen MR) is 100 cm³/mol. The summed E-state index contributed by atoms with van der Waals surface area (Å²) in [4.78, 5) is 16.8. The molecule has 4 rings (SSSR count).